The fourth-order valence-electron chi connectivity index (χ4n) is 1.38. The van der Waals surface area contributed by atoms with E-state index < -0.39 is 11.8 Å². The molecule has 1 unspecified atom stereocenters. The molecule has 1 heterocycles. The van der Waals surface area contributed by atoms with Crippen molar-refractivity contribution in [2.45, 2.75) is 25.8 Å². The minimum Gasteiger partial charge on any atom is -0.361 e. The quantitative estimate of drug-likeness (QED) is 0.480. The second-order valence-corrected chi connectivity index (χ2v) is 2.85. The van der Waals surface area contributed by atoms with Crippen LogP contribution in [0.4, 0.5) is 0 Å². The van der Waals surface area contributed by atoms with Crippen LogP contribution in [0.5, 0.6) is 0 Å². The highest BCUT2D eigenvalue weighted by Gasteiger charge is 2.27. The zero-order chi connectivity index (χ0) is 8.43. The monoisotopic (exact) mass is 156 g/mol. The summed E-state index contributed by atoms with van der Waals surface area (Å²) in [5.74, 6) is -1.39. The van der Waals surface area contributed by atoms with E-state index in [2.05, 4.69) is 0 Å². The van der Waals surface area contributed by atoms with Crippen LogP contribution in [0.3, 0.4) is 0 Å². The zero-order valence-electron chi connectivity index (χ0n) is 6.54. The van der Waals surface area contributed by atoms with Crippen LogP contribution >= 0.6 is 0 Å². The van der Waals surface area contributed by atoms with Gasteiger partial charge in [-0.05, 0) is 19.8 Å². The van der Waals surface area contributed by atoms with Crippen LogP contribution in [0.1, 0.15) is 19.8 Å². The van der Waals surface area contributed by atoms with Gasteiger partial charge in [0.25, 0.3) is 0 Å². The van der Waals surface area contributed by atoms with Gasteiger partial charge in [-0.1, -0.05) is 0 Å². The van der Waals surface area contributed by atoms with Crippen molar-refractivity contribution in [3.05, 3.63) is 0 Å². The smallest absolute Gasteiger partial charge is 0.311 e. The van der Waals surface area contributed by atoms with Gasteiger partial charge in [0, 0.05) is 12.6 Å². The van der Waals surface area contributed by atoms with Gasteiger partial charge >= 0.3 is 11.8 Å². The molecular weight excluding hydrogens is 144 g/mol. The van der Waals surface area contributed by atoms with Crippen molar-refractivity contribution < 1.29 is 9.59 Å². The van der Waals surface area contributed by atoms with Gasteiger partial charge in [-0.2, -0.15) is 0 Å². The number of carbonyl (C=O) groups is 2. The first-order chi connectivity index (χ1) is 5.13. The van der Waals surface area contributed by atoms with Gasteiger partial charge in [0.1, 0.15) is 0 Å². The molecule has 4 nitrogen and oxygen atoms in total. The molecule has 0 saturated carbocycles. The molecule has 0 radical (unpaired) electrons. The second-order valence-electron chi connectivity index (χ2n) is 2.85. The van der Waals surface area contributed by atoms with Gasteiger partial charge in [0.15, 0.2) is 0 Å². The third-order valence-electron chi connectivity index (χ3n) is 2.02. The number of rotatable bonds is 0. The van der Waals surface area contributed by atoms with Crippen LogP contribution in [0.15, 0.2) is 0 Å². The van der Waals surface area contributed by atoms with E-state index in [0.29, 0.717) is 6.54 Å². The van der Waals surface area contributed by atoms with E-state index in [4.69, 9.17) is 5.73 Å². The molecule has 1 fully saturated rings. The number of hydrogen-bond acceptors (Lipinski definition) is 2. The third kappa shape index (κ3) is 1.50. The summed E-state index contributed by atoms with van der Waals surface area (Å²) in [6.45, 7) is 2.59. The zero-order valence-corrected chi connectivity index (χ0v) is 6.54. The maximum Gasteiger partial charge on any atom is 0.311 e. The van der Waals surface area contributed by atoms with Crippen molar-refractivity contribution in [2.75, 3.05) is 6.54 Å². The number of hydrogen-bond donors (Lipinski definition) is 1. The van der Waals surface area contributed by atoms with Crippen molar-refractivity contribution in [1.82, 2.24) is 4.90 Å². The summed E-state index contributed by atoms with van der Waals surface area (Å²) in [6, 6.07) is 0.176. The summed E-state index contributed by atoms with van der Waals surface area (Å²) in [4.78, 5) is 23.0. The number of amides is 2. The SMILES string of the molecule is CC1CCCN1C(=O)C(N)=O. The van der Waals surface area contributed by atoms with Crippen molar-refractivity contribution in [2.24, 2.45) is 5.73 Å². The van der Waals surface area contributed by atoms with Crippen LogP contribution in [0, 0.1) is 0 Å². The normalized spacial score (nSPS) is 23.7. The topological polar surface area (TPSA) is 63.4 Å². The fraction of sp³-hybridized carbons (Fsp3) is 0.714. The first-order valence-electron chi connectivity index (χ1n) is 3.73. The predicted octanol–water partition coefficient (Wildman–Crippen LogP) is -0.517. The van der Waals surface area contributed by atoms with Gasteiger partial charge in [-0.25, -0.2) is 0 Å². The maximum atomic E-state index is 11.0. The predicted molar refractivity (Wildman–Crippen MR) is 39.6 cm³/mol. The Bertz CT molecular complexity index is 191. The van der Waals surface area contributed by atoms with Crippen molar-refractivity contribution >= 4 is 11.8 Å². The summed E-state index contributed by atoms with van der Waals surface area (Å²) < 4.78 is 0. The lowest BCUT2D eigenvalue weighted by molar-refractivity contribution is -0.144. The molecule has 0 aliphatic carbocycles. The molecule has 2 amide bonds. The van der Waals surface area contributed by atoms with Crippen LogP contribution in [0.25, 0.3) is 0 Å². The Morgan fingerprint density at radius 1 is 1.55 bits per heavy atom. The Morgan fingerprint density at radius 3 is 2.55 bits per heavy atom. The summed E-state index contributed by atoms with van der Waals surface area (Å²) >= 11 is 0. The summed E-state index contributed by atoms with van der Waals surface area (Å²) in [6.07, 6.45) is 1.94. The molecule has 0 spiro atoms. The molecule has 62 valence electrons. The first kappa shape index (κ1) is 8.04. The van der Waals surface area contributed by atoms with E-state index in [1.165, 1.54) is 4.90 Å². The number of carbonyl (C=O) groups excluding carboxylic acids is 2. The molecule has 1 atom stereocenters. The molecular formula is C7H12N2O2. The molecule has 4 heteroatoms. The molecule has 11 heavy (non-hydrogen) atoms. The van der Waals surface area contributed by atoms with Crippen molar-refractivity contribution in [3.8, 4) is 0 Å². The highest BCUT2D eigenvalue weighted by Crippen LogP contribution is 2.15. The molecule has 0 aromatic rings. The Labute approximate surface area is 65.3 Å². The summed E-state index contributed by atoms with van der Waals surface area (Å²) in [7, 11) is 0. The number of primary amides is 1. The Morgan fingerprint density at radius 2 is 2.18 bits per heavy atom. The fourth-order valence-corrected chi connectivity index (χ4v) is 1.38. The Hall–Kier alpha value is -1.06. The molecule has 1 saturated heterocycles. The maximum absolute atomic E-state index is 11.0. The summed E-state index contributed by atoms with van der Waals surface area (Å²) in [5.41, 5.74) is 4.85. The average molecular weight is 156 g/mol. The van der Waals surface area contributed by atoms with Gasteiger partial charge in [-0.3, -0.25) is 9.59 Å². The lowest BCUT2D eigenvalue weighted by atomic mass is 10.2. The summed E-state index contributed by atoms with van der Waals surface area (Å²) in [5, 5.41) is 0. The highest BCUT2D eigenvalue weighted by molar-refractivity contribution is 6.34. The number of likely N-dealkylation sites (tertiary alicyclic amines) is 1. The van der Waals surface area contributed by atoms with Crippen molar-refractivity contribution in [3.63, 3.8) is 0 Å². The highest BCUT2D eigenvalue weighted by atomic mass is 16.2. The van der Waals surface area contributed by atoms with E-state index >= 15 is 0 Å². The second kappa shape index (κ2) is 2.90. The van der Waals surface area contributed by atoms with Gasteiger partial charge < -0.3 is 10.6 Å². The lowest BCUT2D eigenvalue weighted by Gasteiger charge is -2.18. The first-order valence-corrected chi connectivity index (χ1v) is 3.73. The van der Waals surface area contributed by atoms with Crippen LogP contribution < -0.4 is 5.73 Å². The third-order valence-corrected chi connectivity index (χ3v) is 2.02. The van der Waals surface area contributed by atoms with E-state index in [0.717, 1.165) is 12.8 Å². The Balaban J connectivity index is 2.60. The standard InChI is InChI=1S/C7H12N2O2/c1-5-3-2-4-9(5)7(11)6(8)10/h5H,2-4H2,1H3,(H2,8,10). The van der Waals surface area contributed by atoms with Crippen LogP contribution in [-0.4, -0.2) is 29.3 Å². The lowest BCUT2D eigenvalue weighted by Crippen LogP contribution is -2.41. The average Bonchev–Trinajstić information content (AvgIpc) is 2.33. The van der Waals surface area contributed by atoms with Crippen LogP contribution in [-0.2, 0) is 9.59 Å². The minimum absolute atomic E-state index is 0.176. The molecule has 2 N–H and O–H groups in total. The van der Waals surface area contributed by atoms with E-state index in [9.17, 15) is 9.59 Å². The molecule has 0 bridgehead atoms. The van der Waals surface area contributed by atoms with E-state index in [-0.39, 0.29) is 6.04 Å². The molecule has 1 aliphatic rings. The molecule has 1 rings (SSSR count). The largest absolute Gasteiger partial charge is 0.361 e. The van der Waals surface area contributed by atoms with Crippen LogP contribution in [0.2, 0.25) is 0 Å². The van der Waals surface area contributed by atoms with E-state index in [1.54, 1.807) is 0 Å². The van der Waals surface area contributed by atoms with E-state index in [1.807, 2.05) is 6.92 Å². The number of nitrogens with zero attached hydrogens (tertiary/aromatic N) is 1. The minimum atomic E-state index is -0.848. The van der Waals surface area contributed by atoms with Crippen molar-refractivity contribution in [1.29, 1.82) is 0 Å². The van der Waals surface area contributed by atoms with Gasteiger partial charge in [0.05, 0.1) is 0 Å². The van der Waals surface area contributed by atoms with Gasteiger partial charge in [0.2, 0.25) is 0 Å². The number of nitrogens with two attached hydrogens (primary N) is 1. The molecule has 1 aliphatic heterocycles. The Kier molecular flexibility index (Phi) is 2.12. The van der Waals surface area contributed by atoms with Gasteiger partial charge in [-0.15, -0.1) is 0 Å². The molecule has 0 aromatic heterocycles. The molecule has 0 aromatic carbocycles.